The quantitative estimate of drug-likeness (QED) is 0.202. The number of anilines is 3. The Morgan fingerprint density at radius 1 is 1.00 bits per heavy atom. The van der Waals surface area contributed by atoms with Gasteiger partial charge >= 0.3 is 6.03 Å². The number of rotatable bonds is 7. The molecule has 41 heavy (non-hydrogen) atoms. The second-order valence-electron chi connectivity index (χ2n) is 10.3. The number of aromatic amines is 1. The van der Waals surface area contributed by atoms with Crippen molar-refractivity contribution in [1.82, 2.24) is 24.7 Å². The highest BCUT2D eigenvalue weighted by molar-refractivity contribution is 7.92. The van der Waals surface area contributed by atoms with Crippen LogP contribution in [0.2, 0.25) is 0 Å². The predicted molar refractivity (Wildman–Crippen MR) is 154 cm³/mol. The van der Waals surface area contributed by atoms with Crippen LogP contribution in [0.15, 0.2) is 67.1 Å². The third kappa shape index (κ3) is 6.61. The third-order valence-electron chi connectivity index (χ3n) is 5.81. The topological polar surface area (TPSA) is 156 Å². The fraction of sp³-hybridized carbons (Fsp3) is 0.185. The Kier molecular flexibility index (Phi) is 7.09. The first-order valence-electron chi connectivity index (χ1n) is 12.4. The average Bonchev–Trinajstić information content (AvgIpc) is 3.51. The molecule has 0 spiro atoms. The van der Waals surface area contributed by atoms with Crippen molar-refractivity contribution in [1.29, 1.82) is 0 Å². The summed E-state index contributed by atoms with van der Waals surface area (Å²) in [7, 11) is -3.53. The van der Waals surface area contributed by atoms with Gasteiger partial charge in [-0.2, -0.15) is 5.10 Å². The number of pyridine rings is 1. The lowest BCUT2D eigenvalue weighted by Gasteiger charge is -2.14. The second kappa shape index (κ2) is 10.5. The van der Waals surface area contributed by atoms with Crippen LogP contribution in [0.3, 0.4) is 0 Å². The lowest BCUT2D eigenvalue weighted by molar-refractivity contribution is 0.262. The van der Waals surface area contributed by atoms with E-state index in [1.54, 1.807) is 17.1 Å². The van der Waals surface area contributed by atoms with Gasteiger partial charge in [0.25, 0.3) is 0 Å². The van der Waals surface area contributed by atoms with Crippen molar-refractivity contribution >= 4 is 44.4 Å². The van der Waals surface area contributed by atoms with E-state index in [0.717, 1.165) is 29.0 Å². The molecule has 0 unspecified atom stereocenters. The minimum atomic E-state index is -3.53. The first-order chi connectivity index (χ1) is 19.3. The largest absolute Gasteiger partial charge is 0.457 e. The molecule has 212 valence electrons. The van der Waals surface area contributed by atoms with E-state index in [1.165, 1.54) is 30.5 Å². The monoisotopic (exact) mass is 578 g/mol. The van der Waals surface area contributed by atoms with Crippen LogP contribution in [0.25, 0.3) is 16.7 Å². The van der Waals surface area contributed by atoms with Crippen molar-refractivity contribution in [3.05, 3.63) is 78.6 Å². The summed E-state index contributed by atoms with van der Waals surface area (Å²) < 4.78 is 47.3. The number of carbonyl (C=O) groups is 1. The highest BCUT2D eigenvalue weighted by Gasteiger charge is 2.22. The van der Waals surface area contributed by atoms with E-state index in [-0.39, 0.29) is 28.4 Å². The van der Waals surface area contributed by atoms with Gasteiger partial charge in [0.15, 0.2) is 0 Å². The number of nitrogens with one attached hydrogen (secondary N) is 4. The van der Waals surface area contributed by atoms with E-state index in [9.17, 15) is 17.6 Å². The van der Waals surface area contributed by atoms with E-state index in [1.807, 2.05) is 39.0 Å². The molecule has 0 bridgehead atoms. The van der Waals surface area contributed by atoms with Crippen LogP contribution in [0.4, 0.5) is 26.5 Å². The number of nitrogens with zero attached hydrogens (tertiary/aromatic N) is 4. The number of hydrogen-bond donors (Lipinski definition) is 4. The number of urea groups is 1. The normalized spacial score (nSPS) is 11.8. The molecule has 5 aromatic rings. The summed E-state index contributed by atoms with van der Waals surface area (Å²) in [6, 6.07) is 13.4. The van der Waals surface area contributed by atoms with Gasteiger partial charge in [0.2, 0.25) is 10.0 Å². The minimum Gasteiger partial charge on any atom is -0.457 e. The number of imidazole rings is 1. The zero-order chi connectivity index (χ0) is 29.4. The molecule has 0 aliphatic rings. The highest BCUT2D eigenvalue weighted by Crippen LogP contribution is 2.29. The van der Waals surface area contributed by atoms with E-state index < -0.39 is 21.9 Å². The van der Waals surface area contributed by atoms with Crippen LogP contribution in [0.1, 0.15) is 26.5 Å². The molecule has 0 saturated carbocycles. The molecule has 0 radical (unpaired) electrons. The van der Waals surface area contributed by atoms with E-state index >= 15 is 0 Å². The highest BCUT2D eigenvalue weighted by atomic mass is 32.2. The van der Waals surface area contributed by atoms with Crippen LogP contribution < -0.4 is 20.1 Å². The number of aromatic nitrogens is 5. The van der Waals surface area contributed by atoms with Gasteiger partial charge in [0.05, 0.1) is 40.7 Å². The van der Waals surface area contributed by atoms with Crippen molar-refractivity contribution < 1.29 is 22.3 Å². The molecule has 0 aliphatic carbocycles. The maximum Gasteiger partial charge on any atom is 0.324 e. The number of carbonyl (C=O) groups excluding carboxylic acids is 1. The number of halogens is 1. The van der Waals surface area contributed by atoms with Gasteiger partial charge in [-0.15, -0.1) is 0 Å². The smallest absolute Gasteiger partial charge is 0.324 e. The Balaban J connectivity index is 1.32. The van der Waals surface area contributed by atoms with Crippen molar-refractivity contribution in [2.24, 2.45) is 0 Å². The van der Waals surface area contributed by atoms with Crippen molar-refractivity contribution in [3.8, 4) is 17.2 Å². The van der Waals surface area contributed by atoms with Crippen LogP contribution in [0.5, 0.6) is 11.5 Å². The molecule has 3 heterocycles. The summed E-state index contributed by atoms with van der Waals surface area (Å²) in [5, 5.41) is 9.97. The summed E-state index contributed by atoms with van der Waals surface area (Å²) in [5.41, 5.74) is 2.66. The molecule has 0 atom stereocenters. The SMILES string of the molecule is CC(C)(C)c1cc(NC(=O)Nc2ccc(Oc3ccnc(NS(C)(=O)=O)c3)cc2F)n(-c2ccc3[nH]cnc3c2)n1. The average molecular weight is 579 g/mol. The first kappa shape index (κ1) is 27.6. The number of amides is 2. The van der Waals surface area contributed by atoms with E-state index in [4.69, 9.17) is 9.84 Å². The number of benzene rings is 2. The van der Waals surface area contributed by atoms with Crippen molar-refractivity contribution in [3.63, 3.8) is 0 Å². The fourth-order valence-corrected chi connectivity index (χ4v) is 4.36. The molecule has 0 aliphatic heterocycles. The number of sulfonamides is 1. The molecular weight excluding hydrogens is 551 g/mol. The minimum absolute atomic E-state index is 0.0542. The molecule has 4 N–H and O–H groups in total. The molecule has 5 rings (SSSR count). The van der Waals surface area contributed by atoms with Crippen LogP contribution >= 0.6 is 0 Å². The third-order valence-corrected chi connectivity index (χ3v) is 6.39. The maximum atomic E-state index is 14.9. The van der Waals surface area contributed by atoms with Gasteiger partial charge < -0.3 is 15.0 Å². The zero-order valence-corrected chi connectivity index (χ0v) is 23.4. The molecule has 0 fully saturated rings. The molecule has 14 heteroatoms. The summed E-state index contributed by atoms with van der Waals surface area (Å²) in [5.74, 6) is 0.0677. The number of ether oxygens (including phenoxy) is 1. The Morgan fingerprint density at radius 2 is 1.78 bits per heavy atom. The summed E-state index contributed by atoms with van der Waals surface area (Å²) in [6.07, 6.45) is 3.94. The summed E-state index contributed by atoms with van der Waals surface area (Å²) in [6.45, 7) is 6.03. The molecular formula is C27H27FN8O4S. The van der Waals surface area contributed by atoms with Gasteiger partial charge in [-0.1, -0.05) is 20.8 Å². The summed E-state index contributed by atoms with van der Waals surface area (Å²) in [4.78, 5) is 24.2. The summed E-state index contributed by atoms with van der Waals surface area (Å²) >= 11 is 0. The predicted octanol–water partition coefficient (Wildman–Crippen LogP) is 5.39. The van der Waals surface area contributed by atoms with Gasteiger partial charge in [0, 0.05) is 29.8 Å². The van der Waals surface area contributed by atoms with Crippen LogP contribution in [-0.2, 0) is 15.4 Å². The van der Waals surface area contributed by atoms with E-state index in [2.05, 4.69) is 30.3 Å². The Bertz CT molecular complexity index is 1860. The van der Waals surface area contributed by atoms with Crippen LogP contribution in [0, 0.1) is 5.82 Å². The zero-order valence-electron chi connectivity index (χ0n) is 22.6. The lowest BCUT2D eigenvalue weighted by atomic mass is 9.92. The molecule has 12 nitrogen and oxygen atoms in total. The lowest BCUT2D eigenvalue weighted by Crippen LogP contribution is -2.22. The first-order valence-corrected chi connectivity index (χ1v) is 14.3. The number of hydrogen-bond acceptors (Lipinski definition) is 7. The van der Waals surface area contributed by atoms with Gasteiger partial charge in [0.1, 0.15) is 29.0 Å². The Labute approximate surface area is 235 Å². The standard InChI is InChI=1S/C27H27FN8O4S/c1-27(2,3)23-14-25(36(34-23)16-5-7-21-22(11-16)31-15-30-21)33-26(37)32-20-8-6-17(12-19(20)28)40-18-9-10-29-24(13-18)35-41(4,38)39/h5-15H,1-4H3,(H,29,35)(H,30,31)(H2,32,33,37). The van der Waals surface area contributed by atoms with Crippen molar-refractivity contribution in [2.45, 2.75) is 26.2 Å². The van der Waals surface area contributed by atoms with Gasteiger partial charge in [-0.25, -0.2) is 32.3 Å². The molecule has 0 saturated heterocycles. The van der Waals surface area contributed by atoms with Gasteiger partial charge in [-0.3, -0.25) is 10.0 Å². The van der Waals surface area contributed by atoms with Crippen LogP contribution in [-0.4, -0.2) is 45.4 Å². The molecule has 3 aromatic heterocycles. The van der Waals surface area contributed by atoms with E-state index in [0.29, 0.717) is 11.5 Å². The Hall–Kier alpha value is -4.98. The maximum absolute atomic E-state index is 14.9. The second-order valence-corrected chi connectivity index (χ2v) is 12.0. The Morgan fingerprint density at radius 3 is 2.51 bits per heavy atom. The van der Waals surface area contributed by atoms with Gasteiger partial charge in [-0.05, 0) is 36.4 Å². The fourth-order valence-electron chi connectivity index (χ4n) is 3.87. The number of H-pyrrole nitrogens is 1. The number of fused-ring (bicyclic) bond motifs is 1. The molecule has 2 aromatic carbocycles. The molecule has 2 amide bonds. The van der Waals surface area contributed by atoms with Crippen molar-refractivity contribution in [2.75, 3.05) is 21.6 Å².